The van der Waals surface area contributed by atoms with E-state index < -0.39 is 0 Å². The van der Waals surface area contributed by atoms with Gasteiger partial charge in [0.1, 0.15) is 0 Å². The lowest BCUT2D eigenvalue weighted by atomic mass is 10.2. The lowest BCUT2D eigenvalue weighted by molar-refractivity contribution is 0.795. The second-order valence-electron chi connectivity index (χ2n) is 4.89. The van der Waals surface area contributed by atoms with Crippen molar-refractivity contribution < 1.29 is 0 Å². The quantitative estimate of drug-likeness (QED) is 0.489. The Hall–Kier alpha value is -1.89. The molecule has 1 heterocycles. The van der Waals surface area contributed by atoms with Crippen LogP contribution >= 0.6 is 22.6 Å². The lowest BCUT2D eigenvalue weighted by Crippen LogP contribution is -2.19. The molecule has 0 radical (unpaired) electrons. The zero-order valence-corrected chi connectivity index (χ0v) is 13.9. The molecule has 106 valence electrons. The molecule has 0 saturated heterocycles. The van der Waals surface area contributed by atoms with Crippen LogP contribution in [-0.2, 0) is 14.1 Å². The van der Waals surface area contributed by atoms with Crippen LogP contribution < -0.4 is 5.69 Å². The molecular weight excluding hydrogens is 377 g/mol. The molecule has 21 heavy (non-hydrogen) atoms. The molecule has 0 N–H and O–H groups in total. The molecule has 0 amide bonds. The molecule has 3 aromatic rings. The molecule has 0 aliphatic carbocycles. The van der Waals surface area contributed by atoms with E-state index in [1.807, 2.05) is 42.6 Å². The summed E-state index contributed by atoms with van der Waals surface area (Å²) in [4.78, 5) is 16.4. The molecular formula is C16H14IN3O. The Morgan fingerprint density at radius 2 is 1.81 bits per heavy atom. The van der Waals surface area contributed by atoms with E-state index >= 15 is 0 Å². The maximum absolute atomic E-state index is 11.9. The standard InChI is InChI=1S/C16H14IN3O/c1-19-14-7-6-13(9-15(14)20(2)16(19)21)18-10-11-4-3-5-12(17)8-11/h3-10H,1-2H3. The van der Waals surface area contributed by atoms with Crippen molar-refractivity contribution in [3.05, 3.63) is 62.1 Å². The molecule has 0 unspecified atom stereocenters. The van der Waals surface area contributed by atoms with Gasteiger partial charge >= 0.3 is 5.69 Å². The Kier molecular flexibility index (Phi) is 3.67. The number of hydrogen-bond donors (Lipinski definition) is 0. The van der Waals surface area contributed by atoms with Crippen LogP contribution in [0.1, 0.15) is 5.56 Å². The third-order valence-corrected chi connectivity index (χ3v) is 4.14. The first-order valence-corrected chi connectivity index (χ1v) is 7.59. The number of fused-ring (bicyclic) bond motifs is 1. The zero-order chi connectivity index (χ0) is 15.0. The average molecular weight is 391 g/mol. The van der Waals surface area contributed by atoms with Gasteiger partial charge in [-0.15, -0.1) is 0 Å². The van der Waals surface area contributed by atoms with Crippen molar-refractivity contribution >= 4 is 45.5 Å². The summed E-state index contributed by atoms with van der Waals surface area (Å²) in [5.41, 5.74) is 3.67. The number of rotatable bonds is 2. The van der Waals surface area contributed by atoms with Crippen LogP contribution in [0.25, 0.3) is 11.0 Å². The highest BCUT2D eigenvalue weighted by Crippen LogP contribution is 2.20. The van der Waals surface area contributed by atoms with E-state index in [4.69, 9.17) is 0 Å². The van der Waals surface area contributed by atoms with Crippen LogP contribution in [0.2, 0.25) is 0 Å². The molecule has 2 aromatic carbocycles. The normalized spacial score (nSPS) is 11.6. The smallest absolute Gasteiger partial charge is 0.295 e. The monoisotopic (exact) mass is 391 g/mol. The summed E-state index contributed by atoms with van der Waals surface area (Å²) < 4.78 is 4.46. The second-order valence-corrected chi connectivity index (χ2v) is 6.13. The summed E-state index contributed by atoms with van der Waals surface area (Å²) in [5, 5.41) is 0. The van der Waals surface area contributed by atoms with E-state index in [2.05, 4.69) is 33.6 Å². The fraction of sp³-hybridized carbons (Fsp3) is 0.125. The Labute approximate surface area is 135 Å². The minimum absolute atomic E-state index is 0.0243. The minimum Gasteiger partial charge on any atom is -0.295 e. The third-order valence-electron chi connectivity index (χ3n) is 3.47. The van der Waals surface area contributed by atoms with E-state index in [9.17, 15) is 4.79 Å². The first-order chi connectivity index (χ1) is 10.1. The topological polar surface area (TPSA) is 39.3 Å². The van der Waals surface area contributed by atoms with Crippen LogP contribution in [0.15, 0.2) is 52.3 Å². The molecule has 0 spiro atoms. The van der Waals surface area contributed by atoms with Crippen LogP contribution in [-0.4, -0.2) is 15.3 Å². The Balaban J connectivity index is 2.02. The number of aliphatic imine (C=N–C) groups is 1. The fourth-order valence-corrected chi connectivity index (χ4v) is 2.88. The summed E-state index contributed by atoms with van der Waals surface area (Å²) >= 11 is 2.28. The first-order valence-electron chi connectivity index (χ1n) is 6.51. The van der Waals surface area contributed by atoms with Crippen molar-refractivity contribution in [2.45, 2.75) is 0 Å². The molecule has 0 aliphatic rings. The first kappa shape index (κ1) is 14.1. The SMILES string of the molecule is Cn1c(=O)n(C)c2cc(N=Cc3cccc(I)c3)ccc21. The van der Waals surface area contributed by atoms with Gasteiger partial charge in [-0.3, -0.25) is 14.1 Å². The van der Waals surface area contributed by atoms with Gasteiger partial charge in [-0.1, -0.05) is 12.1 Å². The molecule has 4 nitrogen and oxygen atoms in total. The van der Waals surface area contributed by atoms with Gasteiger partial charge in [-0.2, -0.15) is 0 Å². The van der Waals surface area contributed by atoms with Crippen molar-refractivity contribution in [2.24, 2.45) is 19.1 Å². The zero-order valence-electron chi connectivity index (χ0n) is 11.7. The second kappa shape index (κ2) is 5.48. The molecule has 0 saturated carbocycles. The van der Waals surface area contributed by atoms with Crippen molar-refractivity contribution in [2.75, 3.05) is 0 Å². The van der Waals surface area contributed by atoms with Crippen molar-refractivity contribution in [3.8, 4) is 0 Å². The molecule has 5 heteroatoms. The molecule has 0 bridgehead atoms. The van der Waals surface area contributed by atoms with Gasteiger partial charge in [-0.05, 0) is 58.5 Å². The summed E-state index contributed by atoms with van der Waals surface area (Å²) in [7, 11) is 3.55. The fourth-order valence-electron chi connectivity index (χ4n) is 2.31. The third kappa shape index (κ3) is 2.65. The lowest BCUT2D eigenvalue weighted by Gasteiger charge is -1.98. The van der Waals surface area contributed by atoms with Crippen LogP contribution in [0.5, 0.6) is 0 Å². The molecule has 0 fully saturated rings. The largest absolute Gasteiger partial charge is 0.328 e. The average Bonchev–Trinajstić information content (AvgIpc) is 2.70. The highest BCUT2D eigenvalue weighted by atomic mass is 127. The van der Waals surface area contributed by atoms with E-state index in [1.54, 1.807) is 23.2 Å². The highest BCUT2D eigenvalue weighted by molar-refractivity contribution is 14.1. The van der Waals surface area contributed by atoms with Gasteiger partial charge in [-0.25, -0.2) is 4.79 Å². The van der Waals surface area contributed by atoms with Gasteiger partial charge in [0.25, 0.3) is 0 Å². The Bertz CT molecular complexity index is 906. The number of imidazole rings is 1. The molecule has 1 aromatic heterocycles. The van der Waals surface area contributed by atoms with Gasteiger partial charge in [0.05, 0.1) is 16.7 Å². The summed E-state index contributed by atoms with van der Waals surface area (Å²) in [6, 6.07) is 13.9. The van der Waals surface area contributed by atoms with E-state index in [1.165, 1.54) is 3.57 Å². The van der Waals surface area contributed by atoms with Gasteiger partial charge in [0.15, 0.2) is 0 Å². The van der Waals surface area contributed by atoms with E-state index in [0.717, 1.165) is 22.3 Å². The van der Waals surface area contributed by atoms with Gasteiger partial charge < -0.3 is 0 Å². The predicted octanol–water partition coefficient (Wildman–Crippen LogP) is 3.23. The number of halogens is 1. The highest BCUT2D eigenvalue weighted by Gasteiger charge is 2.07. The van der Waals surface area contributed by atoms with E-state index in [-0.39, 0.29) is 5.69 Å². The Morgan fingerprint density at radius 1 is 1.05 bits per heavy atom. The number of aromatic nitrogens is 2. The number of hydrogen-bond acceptors (Lipinski definition) is 2. The van der Waals surface area contributed by atoms with Crippen molar-refractivity contribution in [3.63, 3.8) is 0 Å². The van der Waals surface area contributed by atoms with Crippen LogP contribution in [0, 0.1) is 3.57 Å². The summed E-state index contributed by atoms with van der Waals surface area (Å²) in [6.45, 7) is 0. The van der Waals surface area contributed by atoms with E-state index in [0.29, 0.717) is 0 Å². The number of aryl methyl sites for hydroxylation is 2. The van der Waals surface area contributed by atoms with Crippen molar-refractivity contribution in [1.29, 1.82) is 0 Å². The maximum Gasteiger partial charge on any atom is 0.328 e. The van der Waals surface area contributed by atoms with Crippen molar-refractivity contribution in [1.82, 2.24) is 9.13 Å². The molecule has 0 aliphatic heterocycles. The summed E-state index contributed by atoms with van der Waals surface area (Å²) in [6.07, 6.45) is 1.84. The van der Waals surface area contributed by atoms with Gasteiger partial charge in [0.2, 0.25) is 0 Å². The Morgan fingerprint density at radius 3 is 2.57 bits per heavy atom. The maximum atomic E-state index is 11.9. The van der Waals surface area contributed by atoms with Gasteiger partial charge in [0, 0.05) is 23.9 Å². The number of benzene rings is 2. The minimum atomic E-state index is -0.0243. The van der Waals surface area contributed by atoms with Crippen LogP contribution in [0.3, 0.4) is 0 Å². The molecule has 0 atom stereocenters. The number of nitrogens with zero attached hydrogens (tertiary/aromatic N) is 3. The predicted molar refractivity (Wildman–Crippen MR) is 94.6 cm³/mol. The summed E-state index contributed by atoms with van der Waals surface area (Å²) in [5.74, 6) is 0. The molecule has 3 rings (SSSR count). The van der Waals surface area contributed by atoms with Crippen LogP contribution in [0.4, 0.5) is 5.69 Å².